The van der Waals surface area contributed by atoms with Gasteiger partial charge in [0.2, 0.25) is 0 Å². The molecule has 2 aliphatic rings. The number of nitrogens with one attached hydrogen (secondary N) is 2. The Morgan fingerprint density at radius 1 is 1.27 bits per heavy atom. The molecule has 1 aromatic heterocycles. The van der Waals surface area contributed by atoms with E-state index in [9.17, 15) is 9.59 Å². The van der Waals surface area contributed by atoms with Crippen LogP contribution >= 0.6 is 0 Å². The Morgan fingerprint density at radius 2 is 2.08 bits per heavy atom. The molecule has 3 amide bonds. The molecule has 3 rings (SSSR count). The van der Waals surface area contributed by atoms with E-state index in [1.165, 1.54) is 4.90 Å². The third-order valence-electron chi connectivity index (χ3n) is 4.49. The number of carbonyl (C=O) groups excluding carboxylic acids is 2. The van der Waals surface area contributed by atoms with Crippen LogP contribution in [0.1, 0.15) is 19.4 Å². The Morgan fingerprint density at radius 3 is 2.69 bits per heavy atom. The highest BCUT2D eigenvalue weighted by atomic mass is 16.5. The number of methoxy groups -OCH3 is 1. The van der Waals surface area contributed by atoms with Gasteiger partial charge in [-0.25, -0.2) is 14.8 Å². The van der Waals surface area contributed by atoms with Crippen LogP contribution in [0.25, 0.3) is 0 Å². The summed E-state index contributed by atoms with van der Waals surface area (Å²) in [7, 11) is 1.65. The Balaban J connectivity index is 1.77. The van der Waals surface area contributed by atoms with Gasteiger partial charge in [0.05, 0.1) is 6.61 Å². The van der Waals surface area contributed by atoms with Gasteiger partial charge in [0.25, 0.3) is 5.91 Å². The number of ether oxygens (including phenoxy) is 1. The molecule has 2 aliphatic heterocycles. The Bertz CT molecular complexity index is 705. The number of urea groups is 1. The lowest BCUT2D eigenvalue weighted by Crippen LogP contribution is -2.65. The summed E-state index contributed by atoms with van der Waals surface area (Å²) < 4.78 is 4.99. The number of carbonyl (C=O) groups is 2. The molecule has 1 saturated heterocycles. The minimum atomic E-state index is -0.554. The van der Waals surface area contributed by atoms with Crippen molar-refractivity contribution >= 4 is 23.6 Å². The number of anilines is 1. The molecular formula is C17H24N6O3. The lowest BCUT2D eigenvalue weighted by molar-refractivity contribution is -0.134. The number of aromatic nitrogens is 1. The van der Waals surface area contributed by atoms with Gasteiger partial charge in [0.1, 0.15) is 17.7 Å². The van der Waals surface area contributed by atoms with E-state index in [1.54, 1.807) is 25.1 Å². The van der Waals surface area contributed by atoms with Crippen molar-refractivity contribution in [1.82, 2.24) is 20.1 Å². The molecule has 0 aliphatic carbocycles. The van der Waals surface area contributed by atoms with Crippen molar-refractivity contribution in [3.8, 4) is 0 Å². The van der Waals surface area contributed by atoms with Crippen molar-refractivity contribution in [2.24, 2.45) is 4.99 Å². The molecule has 0 bridgehead atoms. The molecule has 0 radical (unpaired) electrons. The van der Waals surface area contributed by atoms with Gasteiger partial charge < -0.3 is 15.4 Å². The van der Waals surface area contributed by atoms with Crippen molar-refractivity contribution in [2.45, 2.75) is 26.1 Å². The molecule has 2 atom stereocenters. The second-order valence-electron chi connectivity index (χ2n) is 6.02. The van der Waals surface area contributed by atoms with E-state index in [1.807, 2.05) is 19.1 Å². The maximum Gasteiger partial charge on any atom is 0.328 e. The number of fused-ring (bicyclic) bond motifs is 1. The van der Waals surface area contributed by atoms with Crippen molar-refractivity contribution in [1.29, 1.82) is 0 Å². The topological polar surface area (TPSA) is 99.2 Å². The van der Waals surface area contributed by atoms with Crippen molar-refractivity contribution in [2.75, 3.05) is 38.7 Å². The van der Waals surface area contributed by atoms with Crippen LogP contribution in [0.4, 0.5) is 10.6 Å². The number of amidine groups is 1. The number of amides is 3. The highest BCUT2D eigenvalue weighted by molar-refractivity contribution is 6.08. The van der Waals surface area contributed by atoms with Gasteiger partial charge in [-0.2, -0.15) is 0 Å². The first kappa shape index (κ1) is 18.1. The van der Waals surface area contributed by atoms with Gasteiger partial charge >= 0.3 is 6.03 Å². The Labute approximate surface area is 152 Å². The molecule has 140 valence electrons. The molecule has 2 N–H and O–H groups in total. The third-order valence-corrected chi connectivity index (χ3v) is 4.49. The molecule has 0 spiro atoms. The van der Waals surface area contributed by atoms with E-state index < -0.39 is 12.2 Å². The highest BCUT2D eigenvalue weighted by Gasteiger charge is 2.48. The van der Waals surface area contributed by atoms with Gasteiger partial charge in [-0.15, -0.1) is 0 Å². The molecule has 3 heterocycles. The zero-order valence-corrected chi connectivity index (χ0v) is 15.2. The van der Waals surface area contributed by atoms with Crippen LogP contribution in [0.5, 0.6) is 0 Å². The number of hydrogen-bond donors (Lipinski definition) is 2. The van der Waals surface area contributed by atoms with Crippen LogP contribution < -0.4 is 10.6 Å². The highest BCUT2D eigenvalue weighted by Crippen LogP contribution is 2.24. The lowest BCUT2D eigenvalue weighted by Gasteiger charge is -2.39. The standard InChI is InChI=1S/C17H24N6O3/c1-4-22-15-13(16(24)23(5-2)17(22)25)20-14(21-15)11-6-7-12(19-10-11)18-8-9-26-3/h6-7,10,13,15H,4-5,8-9H2,1-3H3,(H,18,19)(H,20,21). The summed E-state index contributed by atoms with van der Waals surface area (Å²) in [5.74, 6) is 1.07. The number of aliphatic imine (C=N–C) groups is 1. The molecule has 9 heteroatoms. The van der Waals surface area contributed by atoms with Crippen LogP contribution in [0.3, 0.4) is 0 Å². The second kappa shape index (κ2) is 7.69. The van der Waals surface area contributed by atoms with E-state index in [4.69, 9.17) is 4.74 Å². The smallest absolute Gasteiger partial charge is 0.328 e. The summed E-state index contributed by atoms with van der Waals surface area (Å²) >= 11 is 0. The third kappa shape index (κ3) is 3.22. The molecule has 0 saturated carbocycles. The number of rotatable bonds is 7. The fourth-order valence-electron chi connectivity index (χ4n) is 3.13. The normalized spacial score (nSPS) is 22.2. The summed E-state index contributed by atoms with van der Waals surface area (Å²) in [4.78, 5) is 36.9. The lowest BCUT2D eigenvalue weighted by atomic mass is 10.1. The van der Waals surface area contributed by atoms with Gasteiger partial charge in [-0.3, -0.25) is 14.6 Å². The first-order valence-corrected chi connectivity index (χ1v) is 8.76. The average molecular weight is 360 g/mol. The summed E-state index contributed by atoms with van der Waals surface area (Å²) in [6.45, 7) is 5.77. The molecule has 9 nitrogen and oxygen atoms in total. The number of hydrogen-bond acceptors (Lipinski definition) is 7. The number of imide groups is 1. The fraction of sp³-hybridized carbons (Fsp3) is 0.529. The van der Waals surface area contributed by atoms with Gasteiger partial charge in [0.15, 0.2) is 6.17 Å². The zero-order chi connectivity index (χ0) is 18.7. The largest absolute Gasteiger partial charge is 0.383 e. The predicted octanol–water partition coefficient (Wildman–Crippen LogP) is 0.488. The van der Waals surface area contributed by atoms with E-state index in [2.05, 4.69) is 20.6 Å². The van der Waals surface area contributed by atoms with Crippen LogP contribution in [0.2, 0.25) is 0 Å². The van der Waals surface area contributed by atoms with Crippen molar-refractivity contribution < 1.29 is 14.3 Å². The van der Waals surface area contributed by atoms with E-state index in [0.29, 0.717) is 32.1 Å². The second-order valence-corrected chi connectivity index (χ2v) is 6.02. The maximum absolute atomic E-state index is 12.6. The van der Waals surface area contributed by atoms with E-state index >= 15 is 0 Å². The average Bonchev–Trinajstić information content (AvgIpc) is 3.09. The van der Waals surface area contributed by atoms with Crippen LogP contribution in [-0.4, -0.2) is 78.1 Å². The maximum atomic E-state index is 12.6. The molecule has 1 fully saturated rings. The van der Waals surface area contributed by atoms with Crippen molar-refractivity contribution in [3.05, 3.63) is 23.9 Å². The first-order valence-electron chi connectivity index (χ1n) is 8.76. The fourth-order valence-corrected chi connectivity index (χ4v) is 3.13. The first-order chi connectivity index (χ1) is 12.6. The van der Waals surface area contributed by atoms with Crippen LogP contribution in [-0.2, 0) is 9.53 Å². The monoisotopic (exact) mass is 360 g/mol. The summed E-state index contributed by atoms with van der Waals surface area (Å²) in [5.41, 5.74) is 0.774. The number of likely N-dealkylation sites (N-methyl/N-ethyl adjacent to an activating group) is 2. The van der Waals surface area contributed by atoms with Crippen molar-refractivity contribution in [3.63, 3.8) is 0 Å². The Kier molecular flexibility index (Phi) is 5.36. The van der Waals surface area contributed by atoms with Crippen LogP contribution in [0.15, 0.2) is 23.3 Å². The van der Waals surface area contributed by atoms with Gasteiger partial charge in [0, 0.05) is 38.5 Å². The predicted molar refractivity (Wildman–Crippen MR) is 97.0 cm³/mol. The summed E-state index contributed by atoms with van der Waals surface area (Å²) in [5, 5.41) is 6.31. The zero-order valence-electron chi connectivity index (χ0n) is 15.2. The minimum absolute atomic E-state index is 0.239. The Hall–Kier alpha value is -2.68. The molecule has 0 aromatic carbocycles. The molecule has 26 heavy (non-hydrogen) atoms. The SMILES string of the molecule is CCN1C(=O)C2NC(c3ccc(NCCOC)nc3)=NC2N(CC)C1=O. The summed E-state index contributed by atoms with van der Waals surface area (Å²) in [6.07, 6.45) is 1.18. The van der Waals surface area contributed by atoms with E-state index in [-0.39, 0.29) is 11.9 Å². The quantitative estimate of drug-likeness (QED) is 0.687. The van der Waals surface area contributed by atoms with Gasteiger partial charge in [-0.05, 0) is 26.0 Å². The molecule has 1 aromatic rings. The van der Waals surface area contributed by atoms with Gasteiger partial charge in [-0.1, -0.05) is 0 Å². The minimum Gasteiger partial charge on any atom is -0.383 e. The number of pyridine rings is 1. The molecular weight excluding hydrogens is 336 g/mol. The summed E-state index contributed by atoms with van der Waals surface area (Å²) in [6, 6.07) is 2.89. The number of nitrogens with zero attached hydrogens (tertiary/aromatic N) is 4. The van der Waals surface area contributed by atoms with Crippen LogP contribution in [0, 0.1) is 0 Å². The van der Waals surface area contributed by atoms with E-state index in [0.717, 1.165) is 11.4 Å². The molecule has 2 unspecified atom stereocenters.